The predicted molar refractivity (Wildman–Crippen MR) is 160 cm³/mol. The highest BCUT2D eigenvalue weighted by atomic mass is 19.2. The molecular weight excluding hydrogens is 591 g/mol. The normalized spacial score (nSPS) is 16.6. The number of aryl methyl sites for hydroxylation is 1. The van der Waals surface area contributed by atoms with Crippen LogP contribution in [0.15, 0.2) is 42.5 Å². The molecule has 238 valence electrons. The lowest BCUT2D eigenvalue weighted by Crippen LogP contribution is -2.48. The summed E-state index contributed by atoms with van der Waals surface area (Å²) in [6, 6.07) is 10.3. The Hall–Kier alpha value is -4.65. The molecule has 3 heterocycles. The lowest BCUT2D eigenvalue weighted by atomic mass is 9.90. The van der Waals surface area contributed by atoms with Crippen molar-refractivity contribution in [2.24, 2.45) is 5.92 Å². The second-order valence-electron chi connectivity index (χ2n) is 10.8. The van der Waals surface area contributed by atoms with Crippen LogP contribution in [0.5, 0.6) is 5.75 Å². The van der Waals surface area contributed by atoms with E-state index in [0.29, 0.717) is 30.2 Å². The van der Waals surface area contributed by atoms with Gasteiger partial charge in [-0.3, -0.25) is 9.59 Å². The fraction of sp³-hybridized carbons (Fsp3) is 0.375. The molecule has 2 unspecified atom stereocenters. The minimum absolute atomic E-state index is 0.000911. The zero-order valence-electron chi connectivity index (χ0n) is 25.6. The van der Waals surface area contributed by atoms with Crippen LogP contribution in [0.2, 0.25) is 0 Å². The number of halogens is 3. The van der Waals surface area contributed by atoms with E-state index < -0.39 is 17.5 Å². The third-order valence-electron chi connectivity index (χ3n) is 8.03. The fourth-order valence-corrected chi connectivity index (χ4v) is 5.74. The zero-order chi connectivity index (χ0) is 32.4. The number of ether oxygens (including phenoxy) is 3. The van der Waals surface area contributed by atoms with Gasteiger partial charge >= 0.3 is 5.97 Å². The van der Waals surface area contributed by atoms with Crippen LogP contribution >= 0.6 is 0 Å². The van der Waals surface area contributed by atoms with Crippen LogP contribution < -0.4 is 9.64 Å². The maximum atomic E-state index is 14.3. The molecular formula is C32H34F3N5O5. The van der Waals surface area contributed by atoms with Crippen molar-refractivity contribution in [2.75, 3.05) is 45.9 Å². The summed E-state index contributed by atoms with van der Waals surface area (Å²) >= 11 is 0. The highest BCUT2D eigenvalue weighted by Crippen LogP contribution is 2.37. The molecule has 13 heteroatoms. The van der Waals surface area contributed by atoms with E-state index in [1.165, 1.54) is 24.8 Å². The molecule has 0 saturated carbocycles. The number of esters is 1. The monoisotopic (exact) mass is 625 g/mol. The average molecular weight is 626 g/mol. The van der Waals surface area contributed by atoms with E-state index in [1.807, 2.05) is 19.1 Å². The number of piperidine rings is 1. The Labute approximate surface area is 258 Å². The van der Waals surface area contributed by atoms with Gasteiger partial charge < -0.3 is 24.0 Å². The van der Waals surface area contributed by atoms with Crippen LogP contribution in [-0.4, -0.2) is 78.4 Å². The molecule has 1 aliphatic heterocycles. The number of fused-ring (bicyclic) bond motifs is 1. The Bertz CT molecular complexity index is 1720. The van der Waals surface area contributed by atoms with Crippen LogP contribution in [-0.2, 0) is 14.3 Å². The third kappa shape index (κ3) is 6.30. The third-order valence-corrected chi connectivity index (χ3v) is 8.03. The van der Waals surface area contributed by atoms with E-state index in [1.54, 1.807) is 35.9 Å². The minimum Gasteiger partial charge on any atom is -0.495 e. The number of benzene rings is 2. The van der Waals surface area contributed by atoms with E-state index in [2.05, 4.69) is 10.1 Å². The Morgan fingerprint density at radius 2 is 1.82 bits per heavy atom. The number of para-hydroxylation sites is 1. The molecule has 4 aromatic rings. The summed E-state index contributed by atoms with van der Waals surface area (Å²) in [6.07, 6.45) is 0.340. The molecule has 0 spiro atoms. The number of carbonyl (C=O) groups excluding carboxylic acids is 2. The molecule has 2 aromatic carbocycles. The lowest BCUT2D eigenvalue weighted by molar-refractivity contribution is -0.146. The van der Waals surface area contributed by atoms with Crippen LogP contribution in [0.25, 0.3) is 16.9 Å². The summed E-state index contributed by atoms with van der Waals surface area (Å²) in [6.45, 7) is 4.55. The summed E-state index contributed by atoms with van der Waals surface area (Å²) in [7, 11) is 4.84. The van der Waals surface area contributed by atoms with Crippen molar-refractivity contribution in [3.8, 4) is 17.0 Å². The van der Waals surface area contributed by atoms with Gasteiger partial charge in [0.1, 0.15) is 11.6 Å². The van der Waals surface area contributed by atoms with E-state index in [9.17, 15) is 22.8 Å². The molecule has 0 aliphatic carbocycles. The highest BCUT2D eigenvalue weighted by Gasteiger charge is 2.34. The molecule has 2 aromatic heterocycles. The van der Waals surface area contributed by atoms with Gasteiger partial charge in [-0.2, -0.15) is 9.61 Å². The molecule has 0 radical (unpaired) electrons. The van der Waals surface area contributed by atoms with Gasteiger partial charge in [0.25, 0.3) is 5.91 Å². The molecule has 2 atom stereocenters. The molecule has 10 nitrogen and oxygen atoms in total. The van der Waals surface area contributed by atoms with Crippen LogP contribution in [0.4, 0.5) is 24.7 Å². The number of methoxy groups -OCH3 is 2. The van der Waals surface area contributed by atoms with Gasteiger partial charge in [-0.1, -0.05) is 12.1 Å². The van der Waals surface area contributed by atoms with Gasteiger partial charge in [0, 0.05) is 44.9 Å². The lowest BCUT2D eigenvalue weighted by Gasteiger charge is -2.37. The Morgan fingerprint density at radius 1 is 1.09 bits per heavy atom. The molecule has 0 bridgehead atoms. The van der Waals surface area contributed by atoms with Gasteiger partial charge in [-0.05, 0) is 49.9 Å². The quantitative estimate of drug-likeness (QED) is 0.182. The molecule has 1 saturated heterocycles. The van der Waals surface area contributed by atoms with Crippen LogP contribution in [0.3, 0.4) is 0 Å². The molecule has 5 rings (SSSR count). The van der Waals surface area contributed by atoms with Gasteiger partial charge in [0.15, 0.2) is 28.8 Å². The highest BCUT2D eigenvalue weighted by molar-refractivity contribution is 5.94. The smallest absolute Gasteiger partial charge is 0.306 e. The first-order valence-corrected chi connectivity index (χ1v) is 14.5. The Balaban J connectivity index is 1.56. The summed E-state index contributed by atoms with van der Waals surface area (Å²) in [5.41, 5.74) is 1.98. The van der Waals surface area contributed by atoms with Crippen molar-refractivity contribution in [1.82, 2.24) is 19.5 Å². The van der Waals surface area contributed by atoms with Gasteiger partial charge in [0.2, 0.25) is 0 Å². The van der Waals surface area contributed by atoms with Crippen molar-refractivity contribution in [3.63, 3.8) is 0 Å². The zero-order valence-corrected chi connectivity index (χ0v) is 25.6. The SMILES string of the molecule is CCOC(=O)CC1CCN(C(=O)c2cc3nc(-c4cc(F)c(F)c(F)c4)cc(N(C)c4c(C)cccc4OC)n3n2)CC1OC. The number of hydrogen-bond acceptors (Lipinski definition) is 8. The maximum absolute atomic E-state index is 14.3. The average Bonchev–Trinajstić information content (AvgIpc) is 3.46. The van der Waals surface area contributed by atoms with Gasteiger partial charge in [-0.25, -0.2) is 18.2 Å². The summed E-state index contributed by atoms with van der Waals surface area (Å²) in [5.74, 6) is -4.13. The Morgan fingerprint density at radius 3 is 2.49 bits per heavy atom. The van der Waals surface area contributed by atoms with Crippen molar-refractivity contribution >= 4 is 29.0 Å². The first kappa shape index (κ1) is 31.8. The first-order chi connectivity index (χ1) is 21.6. The molecule has 1 aliphatic rings. The standard InChI is InChI=1S/C32H34F3N5O5/c1-6-45-29(41)14-19-10-11-39(17-26(19)44-5)32(42)24-15-27-36-23(20-12-21(33)30(35)22(34)13-20)16-28(40(27)37-24)38(3)31-18(2)8-7-9-25(31)43-4/h7-9,12-13,15-16,19,26H,6,10-11,14,17H2,1-5H3. The van der Waals surface area contributed by atoms with Crippen molar-refractivity contribution in [2.45, 2.75) is 32.8 Å². The van der Waals surface area contributed by atoms with E-state index in [0.717, 1.165) is 17.7 Å². The topological polar surface area (TPSA) is 98.5 Å². The Kier molecular flexibility index (Phi) is 9.28. The number of nitrogens with zero attached hydrogens (tertiary/aromatic N) is 5. The fourth-order valence-electron chi connectivity index (χ4n) is 5.74. The van der Waals surface area contributed by atoms with E-state index >= 15 is 0 Å². The largest absolute Gasteiger partial charge is 0.495 e. The molecule has 0 N–H and O–H groups in total. The van der Waals surface area contributed by atoms with Crippen LogP contribution in [0.1, 0.15) is 35.8 Å². The van der Waals surface area contributed by atoms with Gasteiger partial charge in [0.05, 0.1) is 37.6 Å². The van der Waals surface area contributed by atoms with E-state index in [-0.39, 0.29) is 66.1 Å². The summed E-state index contributed by atoms with van der Waals surface area (Å²) in [4.78, 5) is 33.8. The minimum atomic E-state index is -1.58. The summed E-state index contributed by atoms with van der Waals surface area (Å²) < 4.78 is 60.1. The maximum Gasteiger partial charge on any atom is 0.306 e. The van der Waals surface area contributed by atoms with E-state index in [4.69, 9.17) is 14.2 Å². The second kappa shape index (κ2) is 13.1. The molecule has 1 fully saturated rings. The van der Waals surface area contributed by atoms with Crippen molar-refractivity contribution < 1.29 is 37.0 Å². The van der Waals surface area contributed by atoms with Crippen molar-refractivity contribution in [3.05, 3.63) is 71.2 Å². The predicted octanol–water partition coefficient (Wildman–Crippen LogP) is 5.33. The number of anilines is 2. The number of amides is 1. The molecule has 1 amide bonds. The first-order valence-electron chi connectivity index (χ1n) is 14.5. The number of likely N-dealkylation sites (tertiary alicyclic amines) is 1. The van der Waals surface area contributed by atoms with Gasteiger partial charge in [-0.15, -0.1) is 0 Å². The summed E-state index contributed by atoms with van der Waals surface area (Å²) in [5, 5.41) is 4.60. The van der Waals surface area contributed by atoms with Crippen molar-refractivity contribution in [1.29, 1.82) is 0 Å². The number of aromatic nitrogens is 3. The number of rotatable bonds is 9. The van der Waals surface area contributed by atoms with Crippen LogP contribution in [0, 0.1) is 30.3 Å². The second-order valence-corrected chi connectivity index (χ2v) is 10.8. The number of carbonyl (C=O) groups is 2. The number of hydrogen-bond donors (Lipinski definition) is 0. The molecule has 45 heavy (non-hydrogen) atoms.